The fourth-order valence-electron chi connectivity index (χ4n) is 2.22. The molecule has 1 amide bonds. The summed E-state index contributed by atoms with van der Waals surface area (Å²) < 4.78 is 0. The Labute approximate surface area is 124 Å². The van der Waals surface area contributed by atoms with Crippen LogP contribution in [-0.2, 0) is 0 Å². The average molecular weight is 288 g/mol. The van der Waals surface area contributed by atoms with Crippen molar-refractivity contribution in [2.75, 3.05) is 6.54 Å². The maximum atomic E-state index is 12.3. The van der Waals surface area contributed by atoms with Crippen molar-refractivity contribution in [2.45, 2.75) is 19.2 Å². The fourth-order valence-corrected chi connectivity index (χ4v) is 2.45. The fraction of sp³-hybridized carbons (Fsp3) is 0.235. The van der Waals surface area contributed by atoms with Gasteiger partial charge >= 0.3 is 0 Å². The van der Waals surface area contributed by atoms with Crippen molar-refractivity contribution in [3.05, 3.63) is 70.8 Å². The van der Waals surface area contributed by atoms with Crippen LogP contribution in [0.15, 0.2) is 48.5 Å². The van der Waals surface area contributed by atoms with E-state index in [0.29, 0.717) is 6.54 Å². The largest absolute Gasteiger partial charge is 0.350 e. The van der Waals surface area contributed by atoms with Gasteiger partial charge < -0.3 is 5.32 Å². The summed E-state index contributed by atoms with van der Waals surface area (Å²) in [7, 11) is 0. The van der Waals surface area contributed by atoms with Gasteiger partial charge in [-0.15, -0.1) is 11.6 Å². The Morgan fingerprint density at radius 2 is 1.65 bits per heavy atom. The van der Waals surface area contributed by atoms with E-state index in [-0.39, 0.29) is 11.3 Å². The average Bonchev–Trinajstić information content (AvgIpc) is 2.45. The van der Waals surface area contributed by atoms with Gasteiger partial charge in [-0.2, -0.15) is 0 Å². The molecule has 0 aliphatic carbocycles. The van der Waals surface area contributed by atoms with E-state index in [4.69, 9.17) is 11.6 Å². The molecule has 2 rings (SSSR count). The molecule has 0 aromatic heterocycles. The minimum absolute atomic E-state index is 0.0674. The Morgan fingerprint density at radius 3 is 2.25 bits per heavy atom. The second-order valence-corrected chi connectivity index (χ2v) is 5.38. The number of carbonyl (C=O) groups excluding carboxylic acids is 1. The highest BCUT2D eigenvalue weighted by molar-refractivity contribution is 6.21. The van der Waals surface area contributed by atoms with Gasteiger partial charge in [-0.25, -0.2) is 0 Å². The third kappa shape index (κ3) is 3.40. The number of halogens is 1. The molecule has 0 heterocycles. The summed E-state index contributed by atoms with van der Waals surface area (Å²) in [6.07, 6.45) is 0. The van der Waals surface area contributed by atoms with E-state index >= 15 is 0 Å². The predicted molar refractivity (Wildman–Crippen MR) is 83.3 cm³/mol. The number of hydrogen-bond acceptors (Lipinski definition) is 1. The van der Waals surface area contributed by atoms with E-state index < -0.39 is 0 Å². The molecular weight excluding hydrogens is 270 g/mol. The molecule has 0 bridgehead atoms. The van der Waals surface area contributed by atoms with Crippen LogP contribution in [0.25, 0.3) is 0 Å². The molecule has 0 saturated heterocycles. The molecule has 1 atom stereocenters. The van der Waals surface area contributed by atoms with Gasteiger partial charge in [-0.3, -0.25) is 4.79 Å². The summed E-state index contributed by atoms with van der Waals surface area (Å²) in [6.45, 7) is 4.30. The third-order valence-electron chi connectivity index (χ3n) is 3.31. The van der Waals surface area contributed by atoms with Gasteiger partial charge in [0.05, 0.1) is 5.38 Å². The zero-order valence-corrected chi connectivity index (χ0v) is 12.4. The first-order valence-corrected chi connectivity index (χ1v) is 7.06. The van der Waals surface area contributed by atoms with Crippen molar-refractivity contribution < 1.29 is 4.79 Å². The quantitative estimate of drug-likeness (QED) is 0.846. The Bertz CT molecular complexity index is 575. The number of alkyl halides is 1. The molecule has 0 saturated carbocycles. The van der Waals surface area contributed by atoms with Crippen LogP contribution >= 0.6 is 11.6 Å². The molecular formula is C17H18ClNO. The standard InChI is InChI=1S/C17H18ClNO/c1-12-7-6-8-13(2)16(12)17(20)19-11-15(18)14-9-4-3-5-10-14/h3-10,15H,11H2,1-2H3,(H,19,20). The number of benzene rings is 2. The van der Waals surface area contributed by atoms with Crippen LogP contribution in [0.1, 0.15) is 32.4 Å². The molecule has 2 nitrogen and oxygen atoms in total. The molecule has 0 spiro atoms. The van der Waals surface area contributed by atoms with E-state index in [1.807, 2.05) is 62.4 Å². The van der Waals surface area contributed by atoms with Crippen molar-refractivity contribution in [3.8, 4) is 0 Å². The summed E-state index contributed by atoms with van der Waals surface area (Å²) in [5, 5.41) is 2.69. The zero-order chi connectivity index (χ0) is 14.5. The smallest absolute Gasteiger partial charge is 0.251 e. The summed E-state index contributed by atoms with van der Waals surface area (Å²) in [6, 6.07) is 15.6. The third-order valence-corrected chi connectivity index (χ3v) is 3.72. The molecule has 0 radical (unpaired) electrons. The van der Waals surface area contributed by atoms with Crippen molar-refractivity contribution in [1.82, 2.24) is 5.32 Å². The molecule has 20 heavy (non-hydrogen) atoms. The highest BCUT2D eigenvalue weighted by atomic mass is 35.5. The molecule has 104 valence electrons. The Morgan fingerprint density at radius 1 is 1.05 bits per heavy atom. The highest BCUT2D eigenvalue weighted by Gasteiger charge is 2.14. The van der Waals surface area contributed by atoms with Crippen LogP contribution in [0.4, 0.5) is 0 Å². The van der Waals surface area contributed by atoms with Crippen LogP contribution in [0.2, 0.25) is 0 Å². The van der Waals surface area contributed by atoms with Crippen LogP contribution in [0.3, 0.4) is 0 Å². The lowest BCUT2D eigenvalue weighted by Crippen LogP contribution is -2.28. The predicted octanol–water partition coefficient (Wildman–Crippen LogP) is 4.01. The maximum absolute atomic E-state index is 12.3. The molecule has 0 aliphatic heterocycles. The zero-order valence-electron chi connectivity index (χ0n) is 11.7. The normalized spacial score (nSPS) is 11.9. The molecule has 2 aromatic rings. The summed E-state index contributed by atoms with van der Waals surface area (Å²) in [4.78, 5) is 12.3. The Hall–Kier alpha value is -1.80. The highest BCUT2D eigenvalue weighted by Crippen LogP contribution is 2.19. The molecule has 0 aliphatic rings. The topological polar surface area (TPSA) is 29.1 Å². The second kappa shape index (κ2) is 6.58. The van der Waals surface area contributed by atoms with Crippen molar-refractivity contribution in [3.63, 3.8) is 0 Å². The van der Waals surface area contributed by atoms with Gasteiger partial charge in [0.2, 0.25) is 0 Å². The Balaban J connectivity index is 2.03. The molecule has 1 N–H and O–H groups in total. The lowest BCUT2D eigenvalue weighted by Gasteiger charge is -2.13. The van der Waals surface area contributed by atoms with E-state index in [0.717, 1.165) is 22.3 Å². The lowest BCUT2D eigenvalue weighted by atomic mass is 10.0. The first-order chi connectivity index (χ1) is 9.59. The monoisotopic (exact) mass is 287 g/mol. The van der Waals surface area contributed by atoms with Crippen LogP contribution in [-0.4, -0.2) is 12.5 Å². The Kier molecular flexibility index (Phi) is 4.80. The minimum atomic E-state index is -0.218. The van der Waals surface area contributed by atoms with E-state index in [1.54, 1.807) is 0 Å². The number of hydrogen-bond donors (Lipinski definition) is 1. The van der Waals surface area contributed by atoms with Crippen molar-refractivity contribution >= 4 is 17.5 Å². The van der Waals surface area contributed by atoms with E-state index in [2.05, 4.69) is 5.32 Å². The lowest BCUT2D eigenvalue weighted by molar-refractivity contribution is 0.0952. The number of rotatable bonds is 4. The summed E-state index contributed by atoms with van der Waals surface area (Å²) in [5.74, 6) is -0.0674. The van der Waals surface area contributed by atoms with Gasteiger partial charge in [0.15, 0.2) is 0 Å². The second-order valence-electron chi connectivity index (χ2n) is 4.86. The van der Waals surface area contributed by atoms with E-state index in [9.17, 15) is 4.79 Å². The maximum Gasteiger partial charge on any atom is 0.251 e. The van der Waals surface area contributed by atoms with Crippen molar-refractivity contribution in [2.24, 2.45) is 0 Å². The summed E-state index contributed by atoms with van der Waals surface area (Å²) >= 11 is 6.30. The number of amides is 1. The number of carbonyl (C=O) groups is 1. The molecule has 2 aromatic carbocycles. The van der Waals surface area contributed by atoms with Crippen molar-refractivity contribution in [1.29, 1.82) is 0 Å². The van der Waals surface area contributed by atoms with Gasteiger partial charge in [0, 0.05) is 12.1 Å². The van der Waals surface area contributed by atoms with Gasteiger partial charge in [-0.05, 0) is 30.5 Å². The van der Waals surface area contributed by atoms with Crippen LogP contribution in [0, 0.1) is 13.8 Å². The van der Waals surface area contributed by atoms with Gasteiger partial charge in [0.25, 0.3) is 5.91 Å². The SMILES string of the molecule is Cc1cccc(C)c1C(=O)NCC(Cl)c1ccccc1. The van der Waals surface area contributed by atoms with Gasteiger partial charge in [0.1, 0.15) is 0 Å². The molecule has 1 unspecified atom stereocenters. The first-order valence-electron chi connectivity index (χ1n) is 6.63. The number of aryl methyl sites for hydroxylation is 2. The van der Waals surface area contributed by atoms with E-state index in [1.165, 1.54) is 0 Å². The van der Waals surface area contributed by atoms with Crippen LogP contribution < -0.4 is 5.32 Å². The van der Waals surface area contributed by atoms with Crippen LogP contribution in [0.5, 0.6) is 0 Å². The molecule has 0 fully saturated rings. The number of nitrogens with one attached hydrogen (secondary N) is 1. The molecule has 3 heteroatoms. The van der Waals surface area contributed by atoms with Gasteiger partial charge in [-0.1, -0.05) is 48.5 Å². The first kappa shape index (κ1) is 14.6. The minimum Gasteiger partial charge on any atom is -0.350 e. The summed E-state index contributed by atoms with van der Waals surface area (Å²) in [5.41, 5.74) is 3.71.